The Morgan fingerprint density at radius 3 is 2.53 bits per heavy atom. The molecule has 2 rings (SSSR count). The van der Waals surface area contributed by atoms with E-state index >= 15 is 0 Å². The molecule has 0 bridgehead atoms. The Hall–Kier alpha value is -1.62. The summed E-state index contributed by atoms with van der Waals surface area (Å²) in [4.78, 5) is 4.75. The first-order valence-corrected chi connectivity index (χ1v) is 5.58. The fraction of sp³-hybridized carbons (Fsp3) is 0.100. The molecular weight excluding hydrogens is 210 g/mol. The van der Waals surface area contributed by atoms with Crippen molar-refractivity contribution in [1.29, 1.82) is 0 Å². The van der Waals surface area contributed by atoms with Gasteiger partial charge in [-0.05, 0) is 24.3 Å². The molecule has 0 aliphatic rings. The zero-order valence-corrected chi connectivity index (χ0v) is 9.07. The van der Waals surface area contributed by atoms with Crippen LogP contribution >= 0.6 is 0 Å². The number of imidazole rings is 1. The molecule has 4 nitrogen and oxygen atoms in total. The summed E-state index contributed by atoms with van der Waals surface area (Å²) in [5, 5.41) is 0.541. The van der Waals surface area contributed by atoms with Crippen molar-refractivity contribution in [3.63, 3.8) is 0 Å². The number of aromatic nitrogens is 2. The summed E-state index contributed by atoms with van der Waals surface area (Å²) in [6, 6.07) is 6.96. The lowest BCUT2D eigenvalue weighted by atomic mass is 10.3. The van der Waals surface area contributed by atoms with Gasteiger partial charge in [-0.25, -0.2) is 9.19 Å². The number of aryl methyl sites for hydroxylation is 1. The van der Waals surface area contributed by atoms with Crippen molar-refractivity contribution in [2.45, 2.75) is 10.1 Å². The van der Waals surface area contributed by atoms with E-state index in [1.165, 1.54) is 0 Å². The van der Waals surface area contributed by atoms with Crippen LogP contribution < -0.4 is 5.73 Å². The van der Waals surface area contributed by atoms with Gasteiger partial charge in [0.25, 0.3) is 0 Å². The number of nitrogen functional groups attached to an aromatic ring is 1. The van der Waals surface area contributed by atoms with Crippen molar-refractivity contribution in [2.75, 3.05) is 5.73 Å². The summed E-state index contributed by atoms with van der Waals surface area (Å²) in [5.41, 5.74) is 6.22. The second kappa shape index (κ2) is 3.86. The molecule has 1 atom stereocenters. The fourth-order valence-corrected chi connectivity index (χ4v) is 2.30. The molecule has 2 aromatic rings. The van der Waals surface area contributed by atoms with Crippen LogP contribution in [0.15, 0.2) is 46.7 Å². The van der Waals surface area contributed by atoms with E-state index < -0.39 is 10.8 Å². The number of nitrogens with zero attached hydrogens (tertiary/aromatic N) is 2. The number of rotatable bonds is 2. The highest BCUT2D eigenvalue weighted by atomic mass is 32.2. The Bertz CT molecular complexity index is 490. The lowest BCUT2D eigenvalue weighted by Gasteiger charge is -2.02. The first-order valence-electron chi connectivity index (χ1n) is 4.43. The van der Waals surface area contributed by atoms with E-state index in [9.17, 15) is 4.21 Å². The van der Waals surface area contributed by atoms with Gasteiger partial charge in [-0.3, -0.25) is 0 Å². The molecule has 0 spiro atoms. The molecule has 1 aromatic heterocycles. The molecule has 0 amide bonds. The average Bonchev–Trinajstić information content (AvgIpc) is 2.65. The van der Waals surface area contributed by atoms with Crippen molar-refractivity contribution in [2.24, 2.45) is 7.05 Å². The zero-order valence-electron chi connectivity index (χ0n) is 8.25. The summed E-state index contributed by atoms with van der Waals surface area (Å²) in [6.45, 7) is 0. The summed E-state index contributed by atoms with van der Waals surface area (Å²) in [6.07, 6.45) is 3.40. The summed E-state index contributed by atoms with van der Waals surface area (Å²) >= 11 is 0. The number of anilines is 1. The number of nitrogens with two attached hydrogens (primary N) is 1. The molecule has 0 saturated carbocycles. The maximum absolute atomic E-state index is 12.0. The van der Waals surface area contributed by atoms with Crippen LogP contribution in [-0.2, 0) is 17.8 Å². The van der Waals surface area contributed by atoms with Gasteiger partial charge in [0.05, 0.1) is 0 Å². The molecule has 0 radical (unpaired) electrons. The first kappa shape index (κ1) is 9.92. The van der Waals surface area contributed by atoms with Gasteiger partial charge in [-0.2, -0.15) is 0 Å². The molecule has 15 heavy (non-hydrogen) atoms. The van der Waals surface area contributed by atoms with Gasteiger partial charge in [0.2, 0.25) is 5.16 Å². The summed E-state index contributed by atoms with van der Waals surface area (Å²) < 4.78 is 13.8. The van der Waals surface area contributed by atoms with Crippen LogP contribution in [-0.4, -0.2) is 13.8 Å². The third kappa shape index (κ3) is 1.92. The Morgan fingerprint density at radius 2 is 2.00 bits per heavy atom. The van der Waals surface area contributed by atoms with E-state index in [0.717, 1.165) is 0 Å². The van der Waals surface area contributed by atoms with E-state index in [1.54, 1.807) is 41.2 Å². The zero-order chi connectivity index (χ0) is 10.8. The van der Waals surface area contributed by atoms with Crippen LogP contribution in [0.3, 0.4) is 0 Å². The molecule has 5 heteroatoms. The highest BCUT2D eigenvalue weighted by Gasteiger charge is 2.10. The summed E-state index contributed by atoms with van der Waals surface area (Å²) in [5.74, 6) is 0. The lowest BCUT2D eigenvalue weighted by molar-refractivity contribution is 0.665. The van der Waals surface area contributed by atoms with Crippen LogP contribution in [0.1, 0.15) is 0 Å². The molecule has 0 aliphatic heterocycles. The normalized spacial score (nSPS) is 12.6. The van der Waals surface area contributed by atoms with Crippen molar-refractivity contribution in [3.05, 3.63) is 36.7 Å². The molecule has 0 fully saturated rings. The number of benzene rings is 1. The third-order valence-electron chi connectivity index (χ3n) is 2.04. The van der Waals surface area contributed by atoms with Gasteiger partial charge < -0.3 is 10.3 Å². The predicted octanol–water partition coefficient (Wildman–Crippen LogP) is 1.17. The minimum atomic E-state index is -1.24. The maximum Gasteiger partial charge on any atom is 0.203 e. The smallest absolute Gasteiger partial charge is 0.203 e. The Morgan fingerprint density at radius 1 is 1.33 bits per heavy atom. The SMILES string of the molecule is Cn1ccnc1S(=O)c1ccc(N)cc1. The van der Waals surface area contributed by atoms with Gasteiger partial charge in [-0.1, -0.05) is 0 Å². The topological polar surface area (TPSA) is 60.9 Å². The van der Waals surface area contributed by atoms with Gasteiger partial charge in [0, 0.05) is 30.0 Å². The van der Waals surface area contributed by atoms with Crippen LogP contribution in [0.2, 0.25) is 0 Å². The highest BCUT2D eigenvalue weighted by Crippen LogP contribution is 2.15. The Balaban J connectivity index is 2.37. The minimum absolute atomic E-state index is 0.541. The quantitative estimate of drug-likeness (QED) is 0.774. The van der Waals surface area contributed by atoms with E-state index in [4.69, 9.17) is 5.73 Å². The second-order valence-corrected chi connectivity index (χ2v) is 4.53. The molecular formula is C10H11N3OS. The average molecular weight is 221 g/mol. The van der Waals surface area contributed by atoms with Crippen molar-refractivity contribution < 1.29 is 4.21 Å². The van der Waals surface area contributed by atoms with Crippen LogP contribution in [0.25, 0.3) is 0 Å². The minimum Gasteiger partial charge on any atom is -0.399 e. The maximum atomic E-state index is 12.0. The van der Waals surface area contributed by atoms with Gasteiger partial charge in [-0.15, -0.1) is 0 Å². The first-order chi connectivity index (χ1) is 7.18. The van der Waals surface area contributed by atoms with Gasteiger partial charge >= 0.3 is 0 Å². The highest BCUT2D eigenvalue weighted by molar-refractivity contribution is 7.85. The van der Waals surface area contributed by atoms with E-state index in [-0.39, 0.29) is 0 Å². The summed E-state index contributed by atoms with van der Waals surface area (Å²) in [7, 11) is 0.578. The largest absolute Gasteiger partial charge is 0.399 e. The third-order valence-corrected chi connectivity index (χ3v) is 3.46. The van der Waals surface area contributed by atoms with Crippen molar-refractivity contribution in [3.8, 4) is 0 Å². The van der Waals surface area contributed by atoms with Crippen LogP contribution in [0.4, 0.5) is 5.69 Å². The number of hydrogen-bond acceptors (Lipinski definition) is 3. The van der Waals surface area contributed by atoms with Gasteiger partial charge in [0.15, 0.2) is 0 Å². The molecule has 78 valence electrons. The lowest BCUT2D eigenvalue weighted by Crippen LogP contribution is -2.01. The van der Waals surface area contributed by atoms with E-state index in [2.05, 4.69) is 4.98 Å². The molecule has 1 unspecified atom stereocenters. The Labute approximate surface area is 90.2 Å². The molecule has 1 heterocycles. The standard InChI is InChI=1S/C10H11N3OS/c1-13-7-6-12-10(13)15(14)9-4-2-8(11)3-5-9/h2-7H,11H2,1H3. The molecule has 2 N–H and O–H groups in total. The monoisotopic (exact) mass is 221 g/mol. The molecule has 0 aliphatic carbocycles. The predicted molar refractivity (Wildman–Crippen MR) is 58.7 cm³/mol. The van der Waals surface area contributed by atoms with E-state index in [1.807, 2.05) is 7.05 Å². The second-order valence-electron chi connectivity index (χ2n) is 3.16. The Kier molecular flexibility index (Phi) is 2.55. The molecule has 1 aromatic carbocycles. The van der Waals surface area contributed by atoms with Crippen molar-refractivity contribution >= 4 is 16.5 Å². The van der Waals surface area contributed by atoms with E-state index in [0.29, 0.717) is 15.7 Å². The van der Waals surface area contributed by atoms with Gasteiger partial charge in [0.1, 0.15) is 10.8 Å². The van der Waals surface area contributed by atoms with Crippen LogP contribution in [0.5, 0.6) is 0 Å². The van der Waals surface area contributed by atoms with Crippen molar-refractivity contribution in [1.82, 2.24) is 9.55 Å². The number of hydrogen-bond donors (Lipinski definition) is 1. The van der Waals surface area contributed by atoms with Crippen LogP contribution in [0, 0.1) is 0 Å². The fourth-order valence-electron chi connectivity index (χ4n) is 1.23. The molecule has 0 saturated heterocycles.